The van der Waals surface area contributed by atoms with Gasteiger partial charge in [-0.05, 0) is 36.1 Å². The van der Waals surface area contributed by atoms with Gasteiger partial charge in [0.1, 0.15) is 0 Å². The number of amides is 1. The molecule has 2 aromatic carbocycles. The van der Waals surface area contributed by atoms with Crippen LogP contribution in [0.1, 0.15) is 37.3 Å². The van der Waals surface area contributed by atoms with Gasteiger partial charge in [0.25, 0.3) is 0 Å². The molecule has 0 spiro atoms. The lowest BCUT2D eigenvalue weighted by atomic mass is 10.0. The van der Waals surface area contributed by atoms with Gasteiger partial charge in [0.2, 0.25) is 5.91 Å². The Hall–Kier alpha value is -2.49. The number of rotatable bonds is 6. The first-order valence-corrected chi connectivity index (χ1v) is 9.02. The fourth-order valence-corrected chi connectivity index (χ4v) is 2.84. The van der Waals surface area contributed by atoms with Gasteiger partial charge in [0.05, 0.1) is 19.6 Å². The van der Waals surface area contributed by atoms with Crippen molar-refractivity contribution in [2.75, 3.05) is 18.5 Å². The van der Waals surface area contributed by atoms with Crippen LogP contribution < -0.4 is 14.8 Å². The maximum absolute atomic E-state index is 12.3. The summed E-state index contributed by atoms with van der Waals surface area (Å²) in [5.74, 6) is 1.39. The van der Waals surface area contributed by atoms with E-state index in [1.165, 1.54) is 18.4 Å². The maximum atomic E-state index is 12.3. The van der Waals surface area contributed by atoms with Crippen LogP contribution in [0.2, 0.25) is 0 Å². The van der Waals surface area contributed by atoms with Crippen LogP contribution in [0.3, 0.4) is 0 Å². The number of benzene rings is 2. The zero-order valence-electron chi connectivity index (χ0n) is 14.7. The fraction of sp³-hybridized carbons (Fsp3) is 0.381. The smallest absolute Gasteiger partial charge is 0.228 e. The molecule has 1 aliphatic rings. The topological polar surface area (TPSA) is 47.6 Å². The number of ether oxygens (including phenoxy) is 2. The first-order valence-electron chi connectivity index (χ1n) is 9.02. The van der Waals surface area contributed by atoms with Gasteiger partial charge in [-0.2, -0.15) is 0 Å². The molecule has 0 atom stereocenters. The average molecular weight is 339 g/mol. The van der Waals surface area contributed by atoms with Crippen molar-refractivity contribution in [2.45, 2.75) is 39.0 Å². The lowest BCUT2D eigenvalue weighted by Gasteiger charge is -2.10. The molecule has 4 heteroatoms. The van der Waals surface area contributed by atoms with Crippen molar-refractivity contribution in [1.82, 2.24) is 0 Å². The summed E-state index contributed by atoms with van der Waals surface area (Å²) in [7, 11) is 0. The zero-order chi connectivity index (χ0) is 17.5. The number of nitrogens with one attached hydrogen (secondary N) is 1. The summed E-state index contributed by atoms with van der Waals surface area (Å²) in [6.45, 7) is 3.49. The van der Waals surface area contributed by atoms with Gasteiger partial charge in [-0.25, -0.2) is 0 Å². The molecular formula is C21H25NO3. The average Bonchev–Trinajstić information content (AvgIpc) is 2.86. The van der Waals surface area contributed by atoms with Crippen molar-refractivity contribution in [3.8, 4) is 11.5 Å². The molecule has 1 aliphatic heterocycles. The second-order valence-electron chi connectivity index (χ2n) is 6.36. The Morgan fingerprint density at radius 3 is 2.48 bits per heavy atom. The Balaban J connectivity index is 1.58. The minimum absolute atomic E-state index is 0.0317. The number of aryl methyl sites for hydroxylation is 1. The molecule has 2 aromatic rings. The highest BCUT2D eigenvalue weighted by Gasteiger charge is 2.12. The number of carbonyl (C=O) groups is 1. The van der Waals surface area contributed by atoms with Crippen LogP contribution in [-0.2, 0) is 17.6 Å². The van der Waals surface area contributed by atoms with E-state index < -0.39 is 0 Å². The molecule has 0 aromatic heterocycles. The third kappa shape index (κ3) is 4.99. The quantitative estimate of drug-likeness (QED) is 0.850. The molecule has 0 aliphatic carbocycles. The normalized spacial score (nSPS) is 13.2. The minimum atomic E-state index is -0.0317. The standard InChI is InChI=1S/C21H25NO3/c1-2-3-5-16-6-8-17(9-7-16)14-21(23)22-18-10-11-19-20(15-18)25-13-4-12-24-19/h6-11,15H,2-5,12-14H2,1H3,(H,22,23). The van der Waals surface area contributed by atoms with Gasteiger partial charge in [-0.15, -0.1) is 0 Å². The predicted molar refractivity (Wildman–Crippen MR) is 99.4 cm³/mol. The summed E-state index contributed by atoms with van der Waals surface area (Å²) in [6, 6.07) is 13.8. The van der Waals surface area contributed by atoms with Gasteiger partial charge in [0.15, 0.2) is 11.5 Å². The Labute approximate surface area is 149 Å². The van der Waals surface area contributed by atoms with E-state index >= 15 is 0 Å². The Morgan fingerprint density at radius 1 is 1.00 bits per heavy atom. The van der Waals surface area contributed by atoms with Gasteiger partial charge < -0.3 is 14.8 Å². The van der Waals surface area contributed by atoms with E-state index in [4.69, 9.17) is 9.47 Å². The Kier molecular flexibility index (Phi) is 5.94. The van der Waals surface area contributed by atoms with E-state index in [0.717, 1.165) is 29.8 Å². The SMILES string of the molecule is CCCCc1ccc(CC(=O)Nc2ccc3c(c2)OCCCO3)cc1. The minimum Gasteiger partial charge on any atom is -0.490 e. The predicted octanol–water partition coefficient (Wildman–Crippen LogP) is 4.37. The highest BCUT2D eigenvalue weighted by atomic mass is 16.5. The fourth-order valence-electron chi connectivity index (χ4n) is 2.84. The molecule has 1 amide bonds. The van der Waals surface area contributed by atoms with Gasteiger partial charge in [-0.1, -0.05) is 37.6 Å². The molecule has 0 radical (unpaired) electrons. The number of fused-ring (bicyclic) bond motifs is 1. The largest absolute Gasteiger partial charge is 0.490 e. The lowest BCUT2D eigenvalue weighted by molar-refractivity contribution is -0.115. The summed E-state index contributed by atoms with van der Waals surface area (Å²) >= 11 is 0. The highest BCUT2D eigenvalue weighted by Crippen LogP contribution is 2.32. The van der Waals surface area contributed by atoms with Crippen LogP contribution >= 0.6 is 0 Å². The molecule has 3 rings (SSSR count). The van der Waals surface area contributed by atoms with Crippen molar-refractivity contribution < 1.29 is 14.3 Å². The van der Waals surface area contributed by atoms with Crippen molar-refractivity contribution in [1.29, 1.82) is 0 Å². The number of hydrogen-bond acceptors (Lipinski definition) is 3. The number of hydrogen-bond donors (Lipinski definition) is 1. The molecule has 0 fully saturated rings. The number of anilines is 1. The molecule has 0 saturated heterocycles. The van der Waals surface area contributed by atoms with E-state index in [1.807, 2.05) is 30.3 Å². The lowest BCUT2D eigenvalue weighted by Crippen LogP contribution is -2.14. The van der Waals surface area contributed by atoms with E-state index in [9.17, 15) is 4.79 Å². The van der Waals surface area contributed by atoms with E-state index in [2.05, 4.69) is 24.4 Å². The van der Waals surface area contributed by atoms with Crippen LogP contribution in [0.5, 0.6) is 11.5 Å². The first kappa shape index (κ1) is 17.3. The highest BCUT2D eigenvalue weighted by molar-refractivity contribution is 5.92. The van der Waals surface area contributed by atoms with E-state index in [-0.39, 0.29) is 5.91 Å². The molecule has 132 valence electrons. The second kappa shape index (κ2) is 8.56. The third-order valence-corrected chi connectivity index (χ3v) is 4.24. The molecule has 1 N–H and O–H groups in total. The molecular weight excluding hydrogens is 314 g/mol. The Bertz CT molecular complexity index is 710. The van der Waals surface area contributed by atoms with E-state index in [1.54, 1.807) is 0 Å². The number of carbonyl (C=O) groups excluding carboxylic acids is 1. The van der Waals surface area contributed by atoms with Crippen molar-refractivity contribution in [3.05, 3.63) is 53.6 Å². The van der Waals surface area contributed by atoms with Crippen molar-refractivity contribution >= 4 is 11.6 Å². The monoisotopic (exact) mass is 339 g/mol. The molecule has 0 bridgehead atoms. The summed E-state index contributed by atoms with van der Waals surface area (Å²) < 4.78 is 11.3. The van der Waals surface area contributed by atoms with Crippen LogP contribution in [0.15, 0.2) is 42.5 Å². The molecule has 1 heterocycles. The molecule has 4 nitrogen and oxygen atoms in total. The van der Waals surface area contributed by atoms with Gasteiger partial charge in [0, 0.05) is 18.2 Å². The van der Waals surface area contributed by atoms with Crippen LogP contribution in [0.25, 0.3) is 0 Å². The molecule has 0 saturated carbocycles. The Morgan fingerprint density at radius 2 is 1.72 bits per heavy atom. The van der Waals surface area contributed by atoms with Gasteiger partial charge in [-0.3, -0.25) is 4.79 Å². The van der Waals surface area contributed by atoms with Gasteiger partial charge >= 0.3 is 0 Å². The maximum Gasteiger partial charge on any atom is 0.228 e. The first-order chi connectivity index (χ1) is 12.2. The zero-order valence-corrected chi connectivity index (χ0v) is 14.7. The van der Waals surface area contributed by atoms with Crippen LogP contribution in [-0.4, -0.2) is 19.1 Å². The summed E-state index contributed by atoms with van der Waals surface area (Å²) in [5, 5.41) is 2.94. The second-order valence-corrected chi connectivity index (χ2v) is 6.36. The van der Waals surface area contributed by atoms with Crippen LogP contribution in [0, 0.1) is 0 Å². The molecule has 0 unspecified atom stereocenters. The third-order valence-electron chi connectivity index (χ3n) is 4.24. The number of unbranched alkanes of at least 4 members (excludes halogenated alkanes) is 1. The molecule has 25 heavy (non-hydrogen) atoms. The summed E-state index contributed by atoms with van der Waals surface area (Å²) in [6.07, 6.45) is 4.72. The van der Waals surface area contributed by atoms with Crippen LogP contribution in [0.4, 0.5) is 5.69 Å². The van der Waals surface area contributed by atoms with Crippen molar-refractivity contribution in [3.63, 3.8) is 0 Å². The van der Waals surface area contributed by atoms with E-state index in [0.29, 0.717) is 25.4 Å². The summed E-state index contributed by atoms with van der Waals surface area (Å²) in [4.78, 5) is 12.3. The summed E-state index contributed by atoms with van der Waals surface area (Å²) in [5.41, 5.74) is 3.08. The van der Waals surface area contributed by atoms with Crippen molar-refractivity contribution in [2.24, 2.45) is 0 Å².